The predicted molar refractivity (Wildman–Crippen MR) is 108 cm³/mol. The molecule has 2 aromatic carbocycles. The van der Waals surface area contributed by atoms with E-state index in [1.54, 1.807) is 7.11 Å². The second-order valence-electron chi connectivity index (χ2n) is 7.10. The number of benzene rings is 2. The van der Waals surface area contributed by atoms with Gasteiger partial charge in [-0.05, 0) is 56.1 Å². The average Bonchev–Trinajstić information content (AvgIpc) is 3.13. The Kier molecular flexibility index (Phi) is 5.35. The van der Waals surface area contributed by atoms with Gasteiger partial charge in [0, 0.05) is 17.0 Å². The van der Waals surface area contributed by atoms with Gasteiger partial charge >= 0.3 is 0 Å². The normalized spacial score (nSPS) is 16.3. The Morgan fingerprint density at radius 2 is 2.04 bits per heavy atom. The zero-order valence-electron chi connectivity index (χ0n) is 16.1. The van der Waals surface area contributed by atoms with Crippen molar-refractivity contribution in [2.45, 2.75) is 32.2 Å². The van der Waals surface area contributed by atoms with Crippen molar-refractivity contribution in [2.75, 3.05) is 26.8 Å². The van der Waals surface area contributed by atoms with Crippen molar-refractivity contribution in [1.29, 1.82) is 0 Å². The van der Waals surface area contributed by atoms with Crippen LogP contribution in [0.2, 0.25) is 0 Å². The molecule has 0 saturated carbocycles. The number of hydrogen-bond donors (Lipinski definition) is 0. The third kappa shape index (κ3) is 3.67. The molecule has 0 spiro atoms. The first-order chi connectivity index (χ1) is 13.3. The highest BCUT2D eigenvalue weighted by Crippen LogP contribution is 2.34. The third-order valence-corrected chi connectivity index (χ3v) is 5.56. The smallest absolute Gasteiger partial charge is 0.134 e. The molecule has 3 aromatic rings. The Balaban J connectivity index is 1.39. The van der Waals surface area contributed by atoms with Crippen molar-refractivity contribution in [2.24, 2.45) is 0 Å². The Bertz CT molecular complexity index is 887. The highest BCUT2D eigenvalue weighted by molar-refractivity contribution is 5.80. The van der Waals surface area contributed by atoms with Gasteiger partial charge in [-0.25, -0.2) is 0 Å². The summed E-state index contributed by atoms with van der Waals surface area (Å²) in [4.78, 5) is 2.53. The van der Waals surface area contributed by atoms with Gasteiger partial charge in [0.25, 0.3) is 0 Å². The maximum absolute atomic E-state index is 6.03. The molecule has 1 aliphatic heterocycles. The van der Waals surface area contributed by atoms with E-state index in [4.69, 9.17) is 13.9 Å². The van der Waals surface area contributed by atoms with Gasteiger partial charge in [0.2, 0.25) is 0 Å². The van der Waals surface area contributed by atoms with Gasteiger partial charge in [-0.1, -0.05) is 31.2 Å². The van der Waals surface area contributed by atoms with Gasteiger partial charge in [-0.15, -0.1) is 0 Å². The molecule has 0 fully saturated rings. The summed E-state index contributed by atoms with van der Waals surface area (Å²) in [7, 11) is 1.73. The van der Waals surface area contributed by atoms with Crippen LogP contribution < -0.4 is 9.47 Å². The molecule has 4 rings (SSSR count). The van der Waals surface area contributed by atoms with Crippen LogP contribution in [0.3, 0.4) is 0 Å². The molecule has 1 aliphatic rings. The summed E-state index contributed by atoms with van der Waals surface area (Å²) in [6, 6.07) is 14.7. The number of aryl methyl sites for hydroxylation is 1. The SMILES string of the molecule is CCN(CCCc1coc2ccccc12)C1COc2cccc(OC)c2C1. The molecule has 1 aromatic heterocycles. The lowest BCUT2D eigenvalue weighted by Gasteiger charge is -2.35. The molecule has 0 amide bonds. The fraction of sp³-hybridized carbons (Fsp3) is 0.391. The second kappa shape index (κ2) is 8.05. The fourth-order valence-electron chi connectivity index (χ4n) is 4.09. The van der Waals surface area contributed by atoms with Crippen molar-refractivity contribution < 1.29 is 13.9 Å². The van der Waals surface area contributed by atoms with Gasteiger partial charge in [-0.2, -0.15) is 0 Å². The number of para-hydroxylation sites is 1. The number of hydrogen-bond acceptors (Lipinski definition) is 4. The fourth-order valence-corrected chi connectivity index (χ4v) is 4.09. The number of methoxy groups -OCH3 is 1. The summed E-state index contributed by atoms with van der Waals surface area (Å²) >= 11 is 0. The minimum atomic E-state index is 0.389. The van der Waals surface area contributed by atoms with E-state index in [2.05, 4.69) is 24.0 Å². The molecule has 2 heterocycles. The third-order valence-electron chi connectivity index (χ3n) is 5.56. The lowest BCUT2D eigenvalue weighted by molar-refractivity contribution is 0.121. The Hall–Kier alpha value is -2.46. The molecule has 4 heteroatoms. The van der Waals surface area contributed by atoms with Gasteiger partial charge in [0.15, 0.2) is 0 Å². The first-order valence-electron chi connectivity index (χ1n) is 9.78. The molecule has 0 radical (unpaired) electrons. The zero-order chi connectivity index (χ0) is 18.6. The van der Waals surface area contributed by atoms with Crippen molar-refractivity contribution in [3.63, 3.8) is 0 Å². The molecule has 0 N–H and O–H groups in total. The molecule has 4 nitrogen and oxygen atoms in total. The largest absolute Gasteiger partial charge is 0.496 e. The van der Waals surface area contributed by atoms with Gasteiger partial charge in [0.1, 0.15) is 23.7 Å². The van der Waals surface area contributed by atoms with Crippen LogP contribution >= 0.6 is 0 Å². The van der Waals surface area contributed by atoms with Crippen LogP contribution in [0.5, 0.6) is 11.5 Å². The van der Waals surface area contributed by atoms with Crippen molar-refractivity contribution in [1.82, 2.24) is 4.90 Å². The first-order valence-corrected chi connectivity index (χ1v) is 9.78. The number of furan rings is 1. The van der Waals surface area contributed by atoms with Gasteiger partial charge in [-0.3, -0.25) is 4.90 Å². The average molecular weight is 365 g/mol. The monoisotopic (exact) mass is 365 g/mol. The van der Waals surface area contributed by atoms with E-state index in [9.17, 15) is 0 Å². The van der Waals surface area contributed by atoms with Crippen LogP contribution in [0.15, 0.2) is 53.1 Å². The van der Waals surface area contributed by atoms with Crippen LogP contribution in [0.25, 0.3) is 11.0 Å². The minimum Gasteiger partial charge on any atom is -0.496 e. The quantitative estimate of drug-likeness (QED) is 0.608. The number of rotatable bonds is 7. The van der Waals surface area contributed by atoms with Crippen molar-refractivity contribution in [3.05, 3.63) is 59.9 Å². The van der Waals surface area contributed by atoms with Crippen molar-refractivity contribution in [3.8, 4) is 11.5 Å². The number of fused-ring (bicyclic) bond motifs is 2. The van der Waals surface area contributed by atoms with E-state index in [-0.39, 0.29) is 0 Å². The summed E-state index contributed by atoms with van der Waals surface area (Å²) in [6.07, 6.45) is 5.02. The van der Waals surface area contributed by atoms with Crippen LogP contribution in [-0.4, -0.2) is 37.7 Å². The zero-order valence-corrected chi connectivity index (χ0v) is 16.1. The maximum Gasteiger partial charge on any atom is 0.134 e. The van der Waals surface area contributed by atoms with Crippen LogP contribution in [0, 0.1) is 0 Å². The van der Waals surface area contributed by atoms with Gasteiger partial charge < -0.3 is 13.9 Å². The minimum absolute atomic E-state index is 0.389. The van der Waals surface area contributed by atoms with E-state index in [1.807, 2.05) is 36.6 Å². The molecule has 0 saturated heterocycles. The Labute approximate surface area is 160 Å². The Morgan fingerprint density at radius 1 is 1.15 bits per heavy atom. The van der Waals surface area contributed by atoms with Crippen LogP contribution in [0.1, 0.15) is 24.5 Å². The van der Waals surface area contributed by atoms with Gasteiger partial charge in [0.05, 0.1) is 13.4 Å². The molecular formula is C23H27NO3. The topological polar surface area (TPSA) is 34.8 Å². The molecule has 1 atom stereocenters. The van der Waals surface area contributed by atoms with Crippen molar-refractivity contribution >= 4 is 11.0 Å². The summed E-state index contributed by atoms with van der Waals surface area (Å²) in [5, 5.41) is 1.24. The van der Waals surface area contributed by atoms with Crippen LogP contribution in [-0.2, 0) is 12.8 Å². The van der Waals surface area contributed by atoms with E-state index in [0.717, 1.165) is 56.0 Å². The molecular weight excluding hydrogens is 338 g/mol. The predicted octanol–water partition coefficient (Wildman–Crippen LogP) is 4.70. The number of nitrogens with zero attached hydrogens (tertiary/aromatic N) is 1. The number of ether oxygens (including phenoxy) is 2. The molecule has 0 bridgehead atoms. The highest BCUT2D eigenvalue weighted by atomic mass is 16.5. The van der Waals surface area contributed by atoms with E-state index < -0.39 is 0 Å². The molecule has 0 aliphatic carbocycles. The number of likely N-dealkylation sites (N-methyl/N-ethyl adjacent to an activating group) is 1. The summed E-state index contributed by atoms with van der Waals surface area (Å²) < 4.78 is 17.2. The summed E-state index contributed by atoms with van der Waals surface area (Å²) in [5.74, 6) is 1.89. The maximum atomic E-state index is 6.03. The van der Waals surface area contributed by atoms with E-state index in [1.165, 1.54) is 16.5 Å². The lowest BCUT2D eigenvalue weighted by Crippen LogP contribution is -2.43. The highest BCUT2D eigenvalue weighted by Gasteiger charge is 2.26. The summed E-state index contributed by atoms with van der Waals surface area (Å²) in [5.41, 5.74) is 3.47. The Morgan fingerprint density at radius 3 is 2.89 bits per heavy atom. The molecule has 142 valence electrons. The first kappa shape index (κ1) is 17.9. The molecule has 27 heavy (non-hydrogen) atoms. The summed E-state index contributed by atoms with van der Waals surface area (Å²) in [6.45, 7) is 5.03. The molecule has 1 unspecified atom stereocenters. The second-order valence-corrected chi connectivity index (χ2v) is 7.10. The van der Waals surface area contributed by atoms with Crippen LogP contribution in [0.4, 0.5) is 0 Å². The standard InChI is InChI=1S/C23H27NO3/c1-3-24(13-7-8-17-15-26-22-10-5-4-9-19(17)22)18-14-20-21(25-2)11-6-12-23(20)27-16-18/h4-6,9-12,15,18H,3,7-8,13-14,16H2,1-2H3. The van der Waals surface area contributed by atoms with E-state index >= 15 is 0 Å². The van der Waals surface area contributed by atoms with E-state index in [0.29, 0.717) is 6.04 Å². The lowest BCUT2D eigenvalue weighted by atomic mass is 9.99.